The molecular weight excluding hydrogens is 476 g/mol. The minimum Gasteiger partial charge on any atom is -0.384 e. The molecule has 1 N–H and O–H groups in total. The summed E-state index contributed by atoms with van der Waals surface area (Å²) in [4.78, 5) is 13.5. The lowest BCUT2D eigenvalue weighted by atomic mass is 9.89. The van der Waals surface area contributed by atoms with Crippen LogP contribution in [0.25, 0.3) is 0 Å². The highest BCUT2D eigenvalue weighted by atomic mass is 32.2. The highest BCUT2D eigenvalue weighted by molar-refractivity contribution is 7.93. The molecule has 0 bridgehead atoms. The molecule has 0 radical (unpaired) electrons. The Bertz CT molecular complexity index is 1140. The summed E-state index contributed by atoms with van der Waals surface area (Å²) in [6, 6.07) is 8.67. The van der Waals surface area contributed by atoms with Crippen LogP contribution in [0.3, 0.4) is 0 Å². The Morgan fingerprint density at radius 1 is 1.03 bits per heavy atom. The van der Waals surface area contributed by atoms with E-state index in [0.717, 1.165) is 29.2 Å². The Hall–Kier alpha value is -2.60. The van der Waals surface area contributed by atoms with Crippen molar-refractivity contribution in [1.29, 1.82) is 0 Å². The number of carbonyl (C=O) groups excluding carboxylic acids is 1. The lowest BCUT2D eigenvalue weighted by Gasteiger charge is -2.32. The van der Waals surface area contributed by atoms with Crippen molar-refractivity contribution in [2.45, 2.75) is 42.9 Å². The second-order valence-electron chi connectivity index (χ2n) is 7.65. The number of aliphatic hydroxyl groups is 1. The van der Waals surface area contributed by atoms with Crippen LogP contribution in [-0.4, -0.2) is 41.6 Å². The van der Waals surface area contributed by atoms with Crippen LogP contribution in [0.5, 0.6) is 0 Å². The van der Waals surface area contributed by atoms with Gasteiger partial charge in [0, 0.05) is 13.1 Å². The maximum atomic E-state index is 12.8. The fraction of sp³-hybridized carbons (Fsp3) is 0.381. The van der Waals surface area contributed by atoms with Crippen LogP contribution in [0.4, 0.5) is 26.3 Å². The lowest BCUT2D eigenvalue weighted by molar-refractivity contribution is -0.137. The third-order valence-corrected chi connectivity index (χ3v) is 7.38. The van der Waals surface area contributed by atoms with Gasteiger partial charge in [-0.15, -0.1) is 0 Å². The standard InChI is InChI=1S/C21H19F6NO4S/c1-12(33(31,32)21(25,26)27)19(30)28-10-9-16-14(11-28)3-2-4-17(16)18(29)13-5-7-15(8-6-13)20(22,23)24/h2-8,12,18,29H,9-11H2,1H3. The van der Waals surface area contributed by atoms with Gasteiger partial charge in [-0.25, -0.2) is 8.42 Å². The molecule has 33 heavy (non-hydrogen) atoms. The molecule has 2 aromatic rings. The van der Waals surface area contributed by atoms with Gasteiger partial charge in [-0.05, 0) is 47.7 Å². The van der Waals surface area contributed by atoms with Crippen molar-refractivity contribution >= 4 is 15.7 Å². The van der Waals surface area contributed by atoms with E-state index in [0.29, 0.717) is 23.6 Å². The third-order valence-electron chi connectivity index (χ3n) is 5.60. The van der Waals surface area contributed by atoms with Gasteiger partial charge in [-0.3, -0.25) is 4.79 Å². The van der Waals surface area contributed by atoms with E-state index in [4.69, 9.17) is 0 Å². The van der Waals surface area contributed by atoms with Gasteiger partial charge in [-0.1, -0.05) is 30.3 Å². The van der Waals surface area contributed by atoms with Crippen LogP contribution < -0.4 is 0 Å². The Morgan fingerprint density at radius 3 is 2.18 bits per heavy atom. The Morgan fingerprint density at radius 2 is 1.64 bits per heavy atom. The molecule has 180 valence electrons. The van der Waals surface area contributed by atoms with Crippen LogP contribution in [0.15, 0.2) is 42.5 Å². The van der Waals surface area contributed by atoms with E-state index in [1.807, 2.05) is 0 Å². The predicted octanol–water partition coefficient (Wildman–Crippen LogP) is 3.99. The first-order chi connectivity index (χ1) is 15.1. The van der Waals surface area contributed by atoms with E-state index in [1.54, 1.807) is 12.1 Å². The number of fused-ring (bicyclic) bond motifs is 1. The average molecular weight is 495 g/mol. The second kappa shape index (κ2) is 8.64. The van der Waals surface area contributed by atoms with Gasteiger partial charge in [-0.2, -0.15) is 26.3 Å². The molecule has 5 nitrogen and oxygen atoms in total. The van der Waals surface area contributed by atoms with Crippen molar-refractivity contribution < 1.29 is 44.7 Å². The summed E-state index contributed by atoms with van der Waals surface area (Å²) >= 11 is 0. The summed E-state index contributed by atoms with van der Waals surface area (Å²) in [5, 5.41) is 8.43. The van der Waals surface area contributed by atoms with Gasteiger partial charge in [0.2, 0.25) is 5.91 Å². The van der Waals surface area contributed by atoms with Crippen LogP contribution in [0.2, 0.25) is 0 Å². The van der Waals surface area contributed by atoms with E-state index in [1.165, 1.54) is 6.07 Å². The number of nitrogens with zero attached hydrogens (tertiary/aromatic N) is 1. The van der Waals surface area contributed by atoms with E-state index in [-0.39, 0.29) is 25.1 Å². The molecule has 3 rings (SSSR count). The number of halogens is 6. The molecule has 12 heteroatoms. The fourth-order valence-electron chi connectivity index (χ4n) is 3.71. The highest BCUT2D eigenvalue weighted by Gasteiger charge is 2.52. The third kappa shape index (κ3) is 4.86. The SMILES string of the molecule is CC(C(=O)N1CCc2c(cccc2C(O)c2ccc(C(F)(F)F)cc2)C1)S(=O)(=O)C(F)(F)F. The number of hydrogen-bond acceptors (Lipinski definition) is 4. The second-order valence-corrected chi connectivity index (χ2v) is 9.91. The van der Waals surface area contributed by atoms with E-state index in [9.17, 15) is 44.7 Å². The first kappa shape index (κ1) is 25.0. The average Bonchev–Trinajstić information content (AvgIpc) is 2.75. The van der Waals surface area contributed by atoms with Crippen molar-refractivity contribution in [3.05, 3.63) is 70.3 Å². The topological polar surface area (TPSA) is 74.7 Å². The zero-order chi connectivity index (χ0) is 24.8. The van der Waals surface area contributed by atoms with Crippen LogP contribution >= 0.6 is 0 Å². The molecule has 1 heterocycles. The lowest BCUT2D eigenvalue weighted by Crippen LogP contribution is -2.47. The molecule has 1 amide bonds. The number of benzene rings is 2. The number of rotatable bonds is 4. The Balaban J connectivity index is 1.84. The number of sulfone groups is 1. The van der Waals surface area contributed by atoms with Crippen molar-refractivity contribution in [1.82, 2.24) is 4.90 Å². The predicted molar refractivity (Wildman–Crippen MR) is 106 cm³/mol. The fourth-order valence-corrected chi connectivity index (χ4v) is 4.52. The number of alkyl halides is 6. The number of carbonyl (C=O) groups is 1. The molecular formula is C21H19F6NO4S. The van der Waals surface area contributed by atoms with Crippen LogP contribution in [0.1, 0.15) is 40.8 Å². The molecule has 1 aliphatic rings. The zero-order valence-electron chi connectivity index (χ0n) is 17.1. The Kier molecular flexibility index (Phi) is 6.55. The van der Waals surface area contributed by atoms with Crippen molar-refractivity contribution in [3.63, 3.8) is 0 Å². The number of aliphatic hydroxyl groups excluding tert-OH is 1. The van der Waals surface area contributed by atoms with E-state index >= 15 is 0 Å². The first-order valence-electron chi connectivity index (χ1n) is 9.69. The minimum atomic E-state index is -5.69. The molecule has 0 saturated heterocycles. The van der Waals surface area contributed by atoms with Crippen LogP contribution in [0, 0.1) is 0 Å². The first-order valence-corrected chi connectivity index (χ1v) is 11.2. The van der Waals surface area contributed by atoms with Gasteiger partial charge in [0.1, 0.15) is 11.4 Å². The normalized spacial score (nSPS) is 16.8. The minimum absolute atomic E-state index is 0.0830. The number of amides is 1. The van der Waals surface area contributed by atoms with E-state index in [2.05, 4.69) is 0 Å². The molecule has 0 aromatic heterocycles. The van der Waals surface area contributed by atoms with Crippen molar-refractivity contribution in [2.75, 3.05) is 6.54 Å². The van der Waals surface area contributed by atoms with E-state index < -0.39 is 44.3 Å². The monoisotopic (exact) mass is 495 g/mol. The molecule has 0 saturated carbocycles. The maximum absolute atomic E-state index is 12.8. The van der Waals surface area contributed by atoms with Gasteiger partial charge < -0.3 is 10.0 Å². The smallest absolute Gasteiger partial charge is 0.384 e. The quantitative estimate of drug-likeness (QED) is 0.651. The molecule has 0 fully saturated rings. The van der Waals surface area contributed by atoms with Crippen molar-refractivity contribution in [2.24, 2.45) is 0 Å². The summed E-state index contributed by atoms with van der Waals surface area (Å²) in [5.41, 5.74) is -4.75. The summed E-state index contributed by atoms with van der Waals surface area (Å²) in [7, 11) is -5.69. The van der Waals surface area contributed by atoms with Gasteiger partial charge >= 0.3 is 11.7 Å². The van der Waals surface area contributed by atoms with Gasteiger partial charge in [0.25, 0.3) is 9.84 Å². The summed E-state index contributed by atoms with van der Waals surface area (Å²) < 4.78 is 99.9. The van der Waals surface area contributed by atoms with Gasteiger partial charge in [0.15, 0.2) is 0 Å². The zero-order valence-corrected chi connectivity index (χ0v) is 17.9. The van der Waals surface area contributed by atoms with Crippen LogP contribution in [-0.2, 0) is 33.8 Å². The number of hydrogen-bond donors (Lipinski definition) is 1. The summed E-state index contributed by atoms with van der Waals surface area (Å²) in [5.74, 6) is -1.19. The molecule has 1 aliphatic heterocycles. The molecule has 2 unspecified atom stereocenters. The Labute approximate surface area is 185 Å². The summed E-state index contributed by atoms with van der Waals surface area (Å²) in [6.45, 7) is 0.436. The molecule has 0 aliphatic carbocycles. The molecule has 2 atom stereocenters. The molecule has 2 aromatic carbocycles. The van der Waals surface area contributed by atoms with Crippen molar-refractivity contribution in [3.8, 4) is 0 Å². The van der Waals surface area contributed by atoms with Gasteiger partial charge in [0.05, 0.1) is 5.56 Å². The highest BCUT2D eigenvalue weighted by Crippen LogP contribution is 2.34. The summed E-state index contributed by atoms with van der Waals surface area (Å²) in [6.07, 6.45) is -5.68. The molecule has 0 spiro atoms. The maximum Gasteiger partial charge on any atom is 0.498 e. The largest absolute Gasteiger partial charge is 0.498 e.